The minimum absolute atomic E-state index is 0.0409. The van der Waals surface area contributed by atoms with Crippen LogP contribution in [0.4, 0.5) is 0 Å². The summed E-state index contributed by atoms with van der Waals surface area (Å²) in [6.07, 6.45) is 2.07. The molecule has 1 N–H and O–H groups in total. The third-order valence-corrected chi connectivity index (χ3v) is 6.46. The molecule has 0 aliphatic carbocycles. The Kier molecular flexibility index (Phi) is 6.66. The van der Waals surface area contributed by atoms with Gasteiger partial charge in [-0.25, -0.2) is 8.42 Å². The number of carbonyl (C=O) groups is 1. The lowest BCUT2D eigenvalue weighted by Gasteiger charge is -2.30. The van der Waals surface area contributed by atoms with Crippen LogP contribution in [-0.2, 0) is 14.8 Å². The fraction of sp³-hybridized carbons (Fsp3) is 0.588. The topological polar surface area (TPSA) is 66.5 Å². The Morgan fingerprint density at radius 3 is 2.38 bits per heavy atom. The molecule has 1 aliphatic heterocycles. The van der Waals surface area contributed by atoms with Crippen LogP contribution in [0.3, 0.4) is 0 Å². The molecule has 134 valence electrons. The van der Waals surface area contributed by atoms with Gasteiger partial charge < -0.3 is 5.32 Å². The Morgan fingerprint density at radius 2 is 1.83 bits per heavy atom. The van der Waals surface area contributed by atoms with Crippen molar-refractivity contribution in [2.24, 2.45) is 11.8 Å². The first kappa shape index (κ1) is 19.2. The van der Waals surface area contributed by atoms with Gasteiger partial charge in [0, 0.05) is 30.6 Å². The summed E-state index contributed by atoms with van der Waals surface area (Å²) < 4.78 is 26.7. The van der Waals surface area contributed by atoms with Crippen molar-refractivity contribution < 1.29 is 13.2 Å². The molecule has 1 aliphatic rings. The Labute approximate surface area is 149 Å². The van der Waals surface area contributed by atoms with E-state index in [0.717, 1.165) is 6.42 Å². The SMILES string of the molecule is CC(C)CCNC(=O)C1CCN(S(=O)(=O)c2ccc(Cl)cc2)CC1. The van der Waals surface area contributed by atoms with E-state index in [4.69, 9.17) is 11.6 Å². The maximum atomic E-state index is 12.6. The minimum atomic E-state index is -3.51. The van der Waals surface area contributed by atoms with Gasteiger partial charge in [-0.1, -0.05) is 25.4 Å². The lowest BCUT2D eigenvalue weighted by molar-refractivity contribution is -0.126. The number of hydrogen-bond acceptors (Lipinski definition) is 3. The summed E-state index contributed by atoms with van der Waals surface area (Å²) >= 11 is 5.81. The maximum Gasteiger partial charge on any atom is 0.243 e. The highest BCUT2D eigenvalue weighted by Crippen LogP contribution is 2.24. The number of rotatable bonds is 6. The number of sulfonamides is 1. The summed E-state index contributed by atoms with van der Waals surface area (Å²) in [5.41, 5.74) is 0. The first-order valence-electron chi connectivity index (χ1n) is 8.34. The third-order valence-electron chi connectivity index (χ3n) is 4.30. The Bertz CT molecular complexity index is 651. The summed E-state index contributed by atoms with van der Waals surface area (Å²) in [4.78, 5) is 12.4. The molecule has 0 spiro atoms. The van der Waals surface area contributed by atoms with Gasteiger partial charge in [0.2, 0.25) is 15.9 Å². The van der Waals surface area contributed by atoms with E-state index >= 15 is 0 Å². The van der Waals surface area contributed by atoms with Crippen molar-refractivity contribution in [1.82, 2.24) is 9.62 Å². The molecule has 2 rings (SSSR count). The predicted octanol–water partition coefficient (Wildman–Crippen LogP) is 2.90. The van der Waals surface area contributed by atoms with Crippen molar-refractivity contribution in [3.8, 4) is 0 Å². The molecule has 7 heteroatoms. The average molecular weight is 373 g/mol. The van der Waals surface area contributed by atoms with Crippen LogP contribution >= 0.6 is 11.6 Å². The second-order valence-electron chi connectivity index (χ2n) is 6.61. The molecule has 0 bridgehead atoms. The van der Waals surface area contributed by atoms with Crippen molar-refractivity contribution in [3.05, 3.63) is 29.3 Å². The molecular weight excluding hydrogens is 348 g/mol. The standard InChI is InChI=1S/C17H25ClN2O3S/c1-13(2)7-10-19-17(21)14-8-11-20(12-9-14)24(22,23)16-5-3-15(18)4-6-16/h3-6,13-14H,7-12H2,1-2H3,(H,19,21). The number of amides is 1. The van der Waals surface area contributed by atoms with Gasteiger partial charge in [-0.05, 0) is 49.4 Å². The van der Waals surface area contributed by atoms with Gasteiger partial charge >= 0.3 is 0 Å². The molecule has 1 saturated heterocycles. The average Bonchev–Trinajstić information content (AvgIpc) is 2.55. The van der Waals surface area contributed by atoms with Gasteiger partial charge in [0.25, 0.3) is 0 Å². The fourth-order valence-electron chi connectivity index (χ4n) is 2.74. The zero-order chi connectivity index (χ0) is 17.7. The monoisotopic (exact) mass is 372 g/mol. The number of nitrogens with one attached hydrogen (secondary N) is 1. The van der Waals surface area contributed by atoms with Crippen molar-refractivity contribution in [1.29, 1.82) is 0 Å². The van der Waals surface area contributed by atoms with Crippen LogP contribution in [-0.4, -0.2) is 38.3 Å². The molecule has 0 atom stereocenters. The van der Waals surface area contributed by atoms with Crippen molar-refractivity contribution in [2.75, 3.05) is 19.6 Å². The normalized spacial score (nSPS) is 17.2. The van der Waals surface area contributed by atoms with Crippen molar-refractivity contribution >= 4 is 27.5 Å². The first-order chi connectivity index (χ1) is 11.3. The zero-order valence-corrected chi connectivity index (χ0v) is 15.7. The Balaban J connectivity index is 1.90. The molecule has 1 heterocycles. The van der Waals surface area contributed by atoms with E-state index in [1.165, 1.54) is 16.4 Å². The fourth-order valence-corrected chi connectivity index (χ4v) is 4.34. The van der Waals surface area contributed by atoms with Gasteiger partial charge in [-0.15, -0.1) is 0 Å². The summed E-state index contributed by atoms with van der Waals surface area (Å²) in [6.45, 7) is 5.65. The van der Waals surface area contributed by atoms with E-state index < -0.39 is 10.0 Å². The van der Waals surface area contributed by atoms with E-state index in [2.05, 4.69) is 19.2 Å². The molecule has 0 aromatic heterocycles. The minimum Gasteiger partial charge on any atom is -0.356 e. The number of hydrogen-bond donors (Lipinski definition) is 1. The lowest BCUT2D eigenvalue weighted by Crippen LogP contribution is -2.43. The van der Waals surface area contributed by atoms with Crippen LogP contribution in [0.25, 0.3) is 0 Å². The molecule has 0 radical (unpaired) electrons. The van der Waals surface area contributed by atoms with Crippen LogP contribution < -0.4 is 5.32 Å². The van der Waals surface area contributed by atoms with Gasteiger partial charge in [-0.2, -0.15) is 4.31 Å². The number of nitrogens with zero attached hydrogens (tertiary/aromatic N) is 1. The Morgan fingerprint density at radius 1 is 1.25 bits per heavy atom. The van der Waals surface area contributed by atoms with E-state index in [1.807, 2.05) is 0 Å². The van der Waals surface area contributed by atoms with Crippen LogP contribution in [0, 0.1) is 11.8 Å². The van der Waals surface area contributed by atoms with E-state index in [-0.39, 0.29) is 16.7 Å². The van der Waals surface area contributed by atoms with Gasteiger partial charge in [-0.3, -0.25) is 4.79 Å². The van der Waals surface area contributed by atoms with Crippen LogP contribution in [0.5, 0.6) is 0 Å². The third kappa shape index (κ3) is 4.94. The summed E-state index contributed by atoms with van der Waals surface area (Å²) in [7, 11) is -3.51. The number of piperidine rings is 1. The number of carbonyl (C=O) groups excluding carboxylic acids is 1. The Hall–Kier alpha value is -1.11. The summed E-state index contributed by atoms with van der Waals surface area (Å²) in [6, 6.07) is 6.18. The number of halogens is 1. The van der Waals surface area contributed by atoms with Gasteiger partial charge in [0.1, 0.15) is 0 Å². The van der Waals surface area contributed by atoms with Crippen molar-refractivity contribution in [3.63, 3.8) is 0 Å². The van der Waals surface area contributed by atoms with Crippen LogP contribution in [0.1, 0.15) is 33.1 Å². The van der Waals surface area contributed by atoms with Crippen LogP contribution in [0.2, 0.25) is 5.02 Å². The largest absolute Gasteiger partial charge is 0.356 e. The second kappa shape index (κ2) is 8.32. The molecule has 24 heavy (non-hydrogen) atoms. The van der Waals surface area contributed by atoms with E-state index in [0.29, 0.717) is 43.4 Å². The molecule has 1 aromatic rings. The highest BCUT2D eigenvalue weighted by Gasteiger charge is 2.31. The smallest absolute Gasteiger partial charge is 0.243 e. The highest BCUT2D eigenvalue weighted by atomic mass is 35.5. The molecular formula is C17H25ClN2O3S. The highest BCUT2D eigenvalue weighted by molar-refractivity contribution is 7.89. The molecule has 1 fully saturated rings. The number of benzene rings is 1. The lowest BCUT2D eigenvalue weighted by atomic mass is 9.97. The summed E-state index contributed by atoms with van der Waals surface area (Å²) in [5.74, 6) is 0.490. The summed E-state index contributed by atoms with van der Waals surface area (Å²) in [5, 5.41) is 3.46. The maximum absolute atomic E-state index is 12.6. The molecule has 1 aromatic carbocycles. The molecule has 0 saturated carbocycles. The predicted molar refractivity (Wildman–Crippen MR) is 95.4 cm³/mol. The van der Waals surface area contributed by atoms with Gasteiger partial charge in [0.05, 0.1) is 4.90 Å². The van der Waals surface area contributed by atoms with Crippen molar-refractivity contribution in [2.45, 2.75) is 38.0 Å². The second-order valence-corrected chi connectivity index (χ2v) is 8.98. The zero-order valence-electron chi connectivity index (χ0n) is 14.2. The van der Waals surface area contributed by atoms with E-state index in [1.54, 1.807) is 12.1 Å². The van der Waals surface area contributed by atoms with E-state index in [9.17, 15) is 13.2 Å². The van der Waals surface area contributed by atoms with Gasteiger partial charge in [0.15, 0.2) is 0 Å². The molecule has 1 amide bonds. The van der Waals surface area contributed by atoms with Crippen LogP contribution in [0.15, 0.2) is 29.2 Å². The molecule has 5 nitrogen and oxygen atoms in total. The first-order valence-corrected chi connectivity index (χ1v) is 10.2. The molecule has 0 unspecified atom stereocenters. The quantitative estimate of drug-likeness (QED) is 0.834.